The van der Waals surface area contributed by atoms with E-state index in [0.29, 0.717) is 0 Å². The molecule has 18 aromatic rings. The van der Waals surface area contributed by atoms with Gasteiger partial charge in [0.1, 0.15) is 0 Å². The van der Waals surface area contributed by atoms with Crippen molar-refractivity contribution in [3.05, 3.63) is 322 Å². The topological polar surface area (TPSA) is 32.6 Å². The average Bonchev–Trinajstić information content (AvgIpc) is 2.53. The van der Waals surface area contributed by atoms with Crippen molar-refractivity contribution in [2.75, 3.05) is 0 Å². The van der Waals surface area contributed by atoms with Crippen LogP contribution in [0.1, 0.15) is 0 Å². The second-order valence-electron chi connectivity index (χ2n) is 23.0. The molecule has 410 valence electrons. The highest BCUT2D eigenvalue weighted by molar-refractivity contribution is 6.13. The minimum absolute atomic E-state index is 0.889. The van der Waals surface area contributed by atoms with Gasteiger partial charge >= 0.3 is 0 Å². The molecule has 18 rings (SSSR count). The predicted octanol–water partition coefficient (Wildman–Crippen LogP) is 21.8. The fourth-order valence-corrected chi connectivity index (χ4v) is 14.3. The molecule has 5 nitrogen and oxygen atoms in total. The summed E-state index contributed by atoms with van der Waals surface area (Å²) >= 11 is 0. The molecule has 0 aliphatic heterocycles. The maximum Gasteiger partial charge on any atom is 0.0715 e. The summed E-state index contributed by atoms with van der Waals surface area (Å²) in [5.74, 6) is 0. The summed E-state index contributed by atoms with van der Waals surface area (Å²) in [6, 6.07) is 118. The van der Waals surface area contributed by atoms with Crippen LogP contribution in [0.2, 0.25) is 0 Å². The van der Waals surface area contributed by atoms with E-state index in [1.165, 1.54) is 65.2 Å². The molecule has 5 heterocycles. The summed E-state index contributed by atoms with van der Waals surface area (Å²) in [5, 5.41) is 9.82. The van der Waals surface area contributed by atoms with Crippen molar-refractivity contribution in [3.8, 4) is 78.6 Å². The van der Waals surface area contributed by atoms with Crippen LogP contribution >= 0.6 is 0 Å². The molecule has 88 heavy (non-hydrogen) atoms. The highest BCUT2D eigenvalue weighted by Gasteiger charge is 2.22. The average molecular weight is 1120 g/mol. The van der Waals surface area contributed by atoms with Crippen LogP contribution in [0, 0.1) is 0 Å². The zero-order chi connectivity index (χ0) is 57.8. The Morgan fingerprint density at radius 2 is 0.455 bits per heavy atom. The SMILES string of the molecule is c1ccc(-c2cc(-c3cccc(-c4cc(-n5c6ccccc6c6ccccc65)ccc4-n4c5ccccc5c5ccccc54)c3)nc(-c3cccc(-c4cc(-n5c6ccccc6c6ccccc65)ccc4-n4c5ccccc5c5ccccc54)c3)c2)cc1. The van der Waals surface area contributed by atoms with Gasteiger partial charge in [-0.1, -0.05) is 212 Å². The summed E-state index contributed by atoms with van der Waals surface area (Å²) in [7, 11) is 0. The summed E-state index contributed by atoms with van der Waals surface area (Å²) in [4.78, 5) is 5.71. The highest BCUT2D eigenvalue weighted by atomic mass is 15.0. The monoisotopic (exact) mass is 1120 g/mol. The quantitative estimate of drug-likeness (QED) is 0.142. The number of aromatic nitrogens is 5. The van der Waals surface area contributed by atoms with Crippen molar-refractivity contribution >= 4 is 87.2 Å². The number of benzene rings is 13. The number of para-hydroxylation sites is 8. The van der Waals surface area contributed by atoms with E-state index in [0.717, 1.165) is 101 Å². The second kappa shape index (κ2) is 19.9. The zero-order valence-corrected chi connectivity index (χ0v) is 47.8. The summed E-state index contributed by atoms with van der Waals surface area (Å²) in [6.07, 6.45) is 0. The molecule has 0 bridgehead atoms. The Balaban J connectivity index is 0.835. The van der Waals surface area contributed by atoms with Crippen LogP contribution in [0.15, 0.2) is 322 Å². The fourth-order valence-electron chi connectivity index (χ4n) is 14.3. The van der Waals surface area contributed by atoms with Crippen LogP contribution in [0.3, 0.4) is 0 Å². The molecule has 13 aromatic carbocycles. The Morgan fingerprint density at radius 1 is 0.182 bits per heavy atom. The molecule has 0 amide bonds. The lowest BCUT2D eigenvalue weighted by Gasteiger charge is -2.18. The van der Waals surface area contributed by atoms with Crippen molar-refractivity contribution in [2.24, 2.45) is 0 Å². The Bertz CT molecular complexity index is 5280. The lowest BCUT2D eigenvalue weighted by Crippen LogP contribution is -2.01. The van der Waals surface area contributed by atoms with Crippen LogP contribution in [0.5, 0.6) is 0 Å². The van der Waals surface area contributed by atoms with Crippen LogP contribution < -0.4 is 0 Å². The van der Waals surface area contributed by atoms with Gasteiger partial charge in [-0.05, 0) is 131 Å². The lowest BCUT2D eigenvalue weighted by atomic mass is 9.95. The van der Waals surface area contributed by atoms with Gasteiger partial charge in [0.25, 0.3) is 0 Å². The lowest BCUT2D eigenvalue weighted by molar-refractivity contribution is 1.15. The largest absolute Gasteiger partial charge is 0.309 e. The summed E-state index contributed by atoms with van der Waals surface area (Å²) in [6.45, 7) is 0. The molecular formula is C83H53N5. The van der Waals surface area contributed by atoms with E-state index in [1.807, 2.05) is 0 Å². The Hall–Kier alpha value is -11.8. The number of pyridine rings is 1. The Morgan fingerprint density at radius 3 is 0.784 bits per heavy atom. The molecular weight excluding hydrogens is 1070 g/mol. The van der Waals surface area contributed by atoms with Gasteiger partial charge in [-0.15, -0.1) is 0 Å². The third-order valence-corrected chi connectivity index (χ3v) is 18.1. The summed E-state index contributed by atoms with van der Waals surface area (Å²) < 4.78 is 9.75. The first kappa shape index (κ1) is 49.6. The number of nitrogens with zero attached hydrogens (tertiary/aromatic N) is 5. The van der Waals surface area contributed by atoms with Crippen molar-refractivity contribution in [3.63, 3.8) is 0 Å². The normalized spacial score (nSPS) is 11.9. The molecule has 0 aliphatic rings. The first-order chi connectivity index (χ1) is 43.7. The minimum Gasteiger partial charge on any atom is -0.309 e. The van der Waals surface area contributed by atoms with Gasteiger partial charge in [0.2, 0.25) is 0 Å². The maximum absolute atomic E-state index is 5.71. The smallest absolute Gasteiger partial charge is 0.0715 e. The van der Waals surface area contributed by atoms with E-state index < -0.39 is 0 Å². The molecule has 0 saturated heterocycles. The van der Waals surface area contributed by atoms with Gasteiger partial charge in [0.15, 0.2) is 0 Å². The maximum atomic E-state index is 5.71. The molecule has 5 aromatic heterocycles. The molecule has 5 heteroatoms. The first-order valence-electron chi connectivity index (χ1n) is 30.2. The third kappa shape index (κ3) is 7.77. The van der Waals surface area contributed by atoms with Crippen molar-refractivity contribution in [2.45, 2.75) is 0 Å². The third-order valence-electron chi connectivity index (χ3n) is 18.1. The predicted molar refractivity (Wildman–Crippen MR) is 369 cm³/mol. The van der Waals surface area contributed by atoms with E-state index in [2.05, 4.69) is 340 Å². The fraction of sp³-hybridized carbons (Fsp3) is 0. The van der Waals surface area contributed by atoms with Gasteiger partial charge in [-0.3, -0.25) is 0 Å². The van der Waals surface area contributed by atoms with Crippen LogP contribution in [0.4, 0.5) is 0 Å². The highest BCUT2D eigenvalue weighted by Crippen LogP contribution is 2.44. The van der Waals surface area contributed by atoms with Gasteiger partial charge in [-0.2, -0.15) is 0 Å². The molecule has 0 atom stereocenters. The zero-order valence-electron chi connectivity index (χ0n) is 47.8. The number of hydrogen-bond acceptors (Lipinski definition) is 1. The second-order valence-corrected chi connectivity index (χ2v) is 23.0. The minimum atomic E-state index is 0.889. The molecule has 0 spiro atoms. The molecule has 0 radical (unpaired) electrons. The van der Waals surface area contributed by atoms with Gasteiger partial charge in [0, 0.05) is 76.7 Å². The molecule has 0 fully saturated rings. The van der Waals surface area contributed by atoms with Crippen LogP contribution in [-0.2, 0) is 0 Å². The molecule has 0 saturated carbocycles. The standard InChI is InChI=1S/C83H53N5/c1-2-22-54(23-3-1)59-50-72(57-26-20-24-55(48-57)70-52-60(85-74-36-12-4-28-62(74)63-29-5-13-37-75(63)85)44-46-82(70)87-78-40-16-8-32-66(78)67-33-9-17-41-79(67)87)84-73(51-59)58-27-21-25-56(49-58)71-53-61(86-76-38-14-6-30-64(76)65-31-7-15-39-77(65)86)45-47-83(71)88-80-42-18-10-34-68(80)69-35-11-19-43-81(69)88/h1-53H. The van der Waals surface area contributed by atoms with Crippen molar-refractivity contribution < 1.29 is 0 Å². The Labute approximate surface area is 507 Å². The summed E-state index contributed by atoms with van der Waals surface area (Å²) in [5.41, 5.74) is 24.2. The van der Waals surface area contributed by atoms with Gasteiger partial charge in [0.05, 0.1) is 66.9 Å². The Kier molecular flexibility index (Phi) is 11.2. The van der Waals surface area contributed by atoms with E-state index in [9.17, 15) is 0 Å². The number of hydrogen-bond donors (Lipinski definition) is 0. The number of rotatable bonds is 9. The van der Waals surface area contributed by atoms with E-state index >= 15 is 0 Å². The molecule has 0 aliphatic carbocycles. The molecule has 0 unspecified atom stereocenters. The number of fused-ring (bicyclic) bond motifs is 12. The van der Waals surface area contributed by atoms with Gasteiger partial charge in [-0.25, -0.2) is 4.98 Å². The van der Waals surface area contributed by atoms with Crippen LogP contribution in [-0.4, -0.2) is 23.3 Å². The molecule has 0 N–H and O–H groups in total. The van der Waals surface area contributed by atoms with Crippen molar-refractivity contribution in [1.82, 2.24) is 23.3 Å². The van der Waals surface area contributed by atoms with E-state index in [-0.39, 0.29) is 0 Å². The van der Waals surface area contributed by atoms with E-state index in [4.69, 9.17) is 4.98 Å². The van der Waals surface area contributed by atoms with E-state index in [1.54, 1.807) is 0 Å². The van der Waals surface area contributed by atoms with Crippen molar-refractivity contribution in [1.29, 1.82) is 0 Å². The van der Waals surface area contributed by atoms with Crippen LogP contribution in [0.25, 0.3) is 166 Å². The van der Waals surface area contributed by atoms with Gasteiger partial charge < -0.3 is 18.3 Å². The first-order valence-corrected chi connectivity index (χ1v) is 30.2.